The highest BCUT2D eigenvalue weighted by molar-refractivity contribution is 4.81. The molecule has 0 amide bonds. The molecular weight excluding hydrogens is 196 g/mol. The van der Waals surface area contributed by atoms with E-state index in [9.17, 15) is 0 Å². The highest BCUT2D eigenvalue weighted by atomic mass is 16.5. The zero-order chi connectivity index (χ0) is 11.1. The molecular formula is C11H22O4. The predicted molar refractivity (Wildman–Crippen MR) is 56.5 cm³/mol. The molecule has 0 unspecified atom stereocenters. The van der Waals surface area contributed by atoms with Crippen LogP contribution in [-0.2, 0) is 4.74 Å². The maximum Gasteiger partial charge on any atom is 0.110 e. The van der Waals surface area contributed by atoms with Crippen LogP contribution in [0.3, 0.4) is 0 Å². The van der Waals surface area contributed by atoms with Crippen molar-refractivity contribution >= 4 is 0 Å². The summed E-state index contributed by atoms with van der Waals surface area (Å²) in [5, 5.41) is 26.2. The molecule has 2 fully saturated rings. The molecule has 4 nitrogen and oxygen atoms in total. The van der Waals surface area contributed by atoms with Gasteiger partial charge in [0, 0.05) is 0 Å². The van der Waals surface area contributed by atoms with Gasteiger partial charge in [-0.2, -0.15) is 0 Å². The van der Waals surface area contributed by atoms with E-state index in [1.165, 1.54) is 38.5 Å². The van der Waals surface area contributed by atoms with Crippen molar-refractivity contribution in [3.8, 4) is 0 Å². The van der Waals surface area contributed by atoms with Crippen molar-refractivity contribution in [2.45, 2.75) is 56.8 Å². The summed E-state index contributed by atoms with van der Waals surface area (Å²) in [7, 11) is 0. The van der Waals surface area contributed by atoms with Crippen LogP contribution in [-0.4, -0.2) is 46.8 Å². The molecule has 1 saturated carbocycles. The van der Waals surface area contributed by atoms with Crippen LogP contribution < -0.4 is 0 Å². The Labute approximate surface area is 90.9 Å². The Morgan fingerprint density at radius 1 is 0.933 bits per heavy atom. The van der Waals surface area contributed by atoms with E-state index in [4.69, 9.17) is 20.1 Å². The average Bonchev–Trinajstić information content (AvgIpc) is 2.63. The predicted octanol–water partition coefficient (Wildman–Crippen LogP) is 0.440. The highest BCUT2D eigenvalue weighted by Gasteiger charge is 2.33. The first kappa shape index (κ1) is 12.9. The Morgan fingerprint density at radius 3 is 1.60 bits per heavy atom. The van der Waals surface area contributed by atoms with Gasteiger partial charge in [-0.15, -0.1) is 0 Å². The van der Waals surface area contributed by atoms with E-state index >= 15 is 0 Å². The van der Waals surface area contributed by atoms with Crippen LogP contribution in [0, 0.1) is 0 Å². The smallest absolute Gasteiger partial charge is 0.110 e. The fourth-order valence-corrected chi connectivity index (χ4v) is 1.89. The first-order valence-corrected chi connectivity index (χ1v) is 5.84. The van der Waals surface area contributed by atoms with Gasteiger partial charge in [-0.1, -0.05) is 38.5 Å². The third-order valence-electron chi connectivity index (χ3n) is 2.94. The number of hydrogen-bond donors (Lipinski definition) is 3. The minimum absolute atomic E-state index is 0.117. The van der Waals surface area contributed by atoms with Crippen molar-refractivity contribution in [3.05, 3.63) is 0 Å². The minimum atomic E-state index is -0.921. The van der Waals surface area contributed by atoms with Crippen LogP contribution in [0.1, 0.15) is 38.5 Å². The van der Waals surface area contributed by atoms with E-state index in [0.717, 1.165) is 0 Å². The van der Waals surface area contributed by atoms with Crippen molar-refractivity contribution in [2.75, 3.05) is 13.2 Å². The molecule has 1 aliphatic carbocycles. The number of ether oxygens (including phenoxy) is 1. The van der Waals surface area contributed by atoms with Crippen molar-refractivity contribution in [2.24, 2.45) is 0 Å². The van der Waals surface area contributed by atoms with Gasteiger partial charge in [0.15, 0.2) is 0 Å². The van der Waals surface area contributed by atoms with Crippen LogP contribution in [0.25, 0.3) is 0 Å². The van der Waals surface area contributed by atoms with Gasteiger partial charge in [-0.25, -0.2) is 0 Å². The standard InChI is InChI=1S/C6H12.C5H10O4/c1-2-4-6-5-3-1;6-1-4-5(8)3(7)2-9-4/h1-6H2;3-8H,1-2H2/t;3-,4+,5-/m.0/s1. The van der Waals surface area contributed by atoms with Gasteiger partial charge >= 0.3 is 0 Å². The van der Waals surface area contributed by atoms with Gasteiger partial charge < -0.3 is 20.1 Å². The molecule has 2 aliphatic rings. The van der Waals surface area contributed by atoms with Gasteiger partial charge in [0.1, 0.15) is 18.3 Å². The molecule has 0 spiro atoms. The second-order valence-electron chi connectivity index (χ2n) is 4.23. The molecule has 1 saturated heterocycles. The highest BCUT2D eigenvalue weighted by Crippen LogP contribution is 2.15. The van der Waals surface area contributed by atoms with Gasteiger partial charge in [0.2, 0.25) is 0 Å². The van der Waals surface area contributed by atoms with Gasteiger partial charge in [0.25, 0.3) is 0 Å². The Balaban J connectivity index is 0.000000162. The summed E-state index contributed by atoms with van der Waals surface area (Å²) >= 11 is 0. The van der Waals surface area contributed by atoms with Gasteiger partial charge in [-0.05, 0) is 0 Å². The Hall–Kier alpha value is -0.160. The van der Waals surface area contributed by atoms with E-state index in [-0.39, 0.29) is 13.2 Å². The van der Waals surface area contributed by atoms with E-state index in [1.54, 1.807) is 0 Å². The summed E-state index contributed by atoms with van der Waals surface area (Å²) < 4.78 is 4.78. The molecule has 3 atom stereocenters. The lowest BCUT2D eigenvalue weighted by Gasteiger charge is -2.10. The normalized spacial score (nSPS) is 35.8. The lowest BCUT2D eigenvalue weighted by Crippen LogP contribution is -2.31. The summed E-state index contributed by atoms with van der Waals surface area (Å²) in [6, 6.07) is 0. The molecule has 90 valence electrons. The Morgan fingerprint density at radius 2 is 1.40 bits per heavy atom. The molecule has 3 N–H and O–H groups in total. The van der Waals surface area contributed by atoms with Crippen LogP contribution in [0.4, 0.5) is 0 Å². The average molecular weight is 218 g/mol. The number of aliphatic hydroxyl groups excluding tert-OH is 3. The second-order valence-corrected chi connectivity index (χ2v) is 4.23. The molecule has 0 radical (unpaired) electrons. The molecule has 0 aromatic heterocycles. The second kappa shape index (κ2) is 7.17. The maximum absolute atomic E-state index is 8.92. The summed E-state index contributed by atoms with van der Waals surface area (Å²) in [4.78, 5) is 0. The SMILES string of the molecule is C1CCCCC1.OC[C@H]1OC[C@H](O)[C@@H]1O. The summed E-state index contributed by atoms with van der Waals surface area (Å²) in [6.45, 7) is -0.120. The fourth-order valence-electron chi connectivity index (χ4n) is 1.89. The molecule has 0 bridgehead atoms. The fraction of sp³-hybridized carbons (Fsp3) is 1.00. The lowest BCUT2D eigenvalue weighted by atomic mass is 10.0. The molecule has 0 aromatic rings. The van der Waals surface area contributed by atoms with E-state index < -0.39 is 18.3 Å². The minimum Gasteiger partial charge on any atom is -0.394 e. The van der Waals surface area contributed by atoms with E-state index in [2.05, 4.69) is 0 Å². The van der Waals surface area contributed by atoms with Crippen LogP contribution in [0.15, 0.2) is 0 Å². The van der Waals surface area contributed by atoms with Gasteiger partial charge in [0.05, 0.1) is 13.2 Å². The maximum atomic E-state index is 8.92. The van der Waals surface area contributed by atoms with E-state index in [0.29, 0.717) is 0 Å². The zero-order valence-corrected chi connectivity index (χ0v) is 9.14. The molecule has 4 heteroatoms. The molecule has 1 heterocycles. The zero-order valence-electron chi connectivity index (χ0n) is 9.14. The Kier molecular flexibility index (Phi) is 6.17. The topological polar surface area (TPSA) is 69.9 Å². The molecule has 15 heavy (non-hydrogen) atoms. The monoisotopic (exact) mass is 218 g/mol. The van der Waals surface area contributed by atoms with Gasteiger partial charge in [-0.3, -0.25) is 0 Å². The third kappa shape index (κ3) is 4.47. The molecule has 2 rings (SSSR count). The summed E-state index contributed by atoms with van der Waals surface area (Å²) in [5.41, 5.74) is 0. The van der Waals surface area contributed by atoms with Crippen LogP contribution >= 0.6 is 0 Å². The first-order chi connectivity index (χ1) is 7.25. The van der Waals surface area contributed by atoms with Crippen molar-refractivity contribution < 1.29 is 20.1 Å². The van der Waals surface area contributed by atoms with Crippen LogP contribution in [0.2, 0.25) is 0 Å². The number of aliphatic hydroxyl groups is 3. The Bertz CT molecular complexity index is 147. The quantitative estimate of drug-likeness (QED) is 0.597. The molecule has 0 aromatic carbocycles. The molecule has 1 aliphatic heterocycles. The number of hydrogen-bond acceptors (Lipinski definition) is 4. The summed E-state index contributed by atoms with van der Waals surface area (Å²) in [5.74, 6) is 0. The van der Waals surface area contributed by atoms with Crippen molar-refractivity contribution in [1.82, 2.24) is 0 Å². The lowest BCUT2D eigenvalue weighted by molar-refractivity contribution is -0.00588. The van der Waals surface area contributed by atoms with Crippen LogP contribution in [0.5, 0.6) is 0 Å². The van der Waals surface area contributed by atoms with E-state index in [1.807, 2.05) is 0 Å². The third-order valence-corrected chi connectivity index (χ3v) is 2.94. The van der Waals surface area contributed by atoms with Crippen molar-refractivity contribution in [1.29, 1.82) is 0 Å². The largest absolute Gasteiger partial charge is 0.394 e. The first-order valence-electron chi connectivity index (χ1n) is 5.84. The summed E-state index contributed by atoms with van der Waals surface area (Å²) in [6.07, 6.45) is 6.65. The number of rotatable bonds is 1. The van der Waals surface area contributed by atoms with Crippen molar-refractivity contribution in [3.63, 3.8) is 0 Å².